The van der Waals surface area contributed by atoms with E-state index in [0.29, 0.717) is 22.8 Å². The lowest BCUT2D eigenvalue weighted by molar-refractivity contribution is -0.141. The molecular formula is C32H22N4O2. The maximum Gasteiger partial charge on any atom is 0.297 e. The molecular weight excluding hydrogens is 472 g/mol. The Hall–Kier alpha value is -5.36. The molecule has 2 aliphatic heterocycles. The van der Waals surface area contributed by atoms with Crippen LogP contribution >= 0.6 is 0 Å². The van der Waals surface area contributed by atoms with Crippen molar-refractivity contribution in [2.24, 2.45) is 9.98 Å². The number of amides is 2. The molecule has 4 aromatic rings. The molecule has 0 aliphatic carbocycles. The highest BCUT2D eigenvalue weighted by molar-refractivity contribution is 6.26. The van der Waals surface area contributed by atoms with Crippen molar-refractivity contribution >= 4 is 35.6 Å². The first-order chi connectivity index (χ1) is 18.7. The van der Waals surface area contributed by atoms with Crippen molar-refractivity contribution in [1.29, 1.82) is 0 Å². The van der Waals surface area contributed by atoms with E-state index >= 15 is 0 Å². The number of hydrogen-bond donors (Lipinski definition) is 0. The fraction of sp³-hybridized carbons (Fsp3) is 0. The van der Waals surface area contributed by atoms with Gasteiger partial charge in [0.25, 0.3) is 11.8 Å². The summed E-state index contributed by atoms with van der Waals surface area (Å²) in [5.41, 5.74) is 3.55. The van der Waals surface area contributed by atoms with E-state index < -0.39 is 11.8 Å². The summed E-state index contributed by atoms with van der Waals surface area (Å²) in [6, 6.07) is 37.8. The predicted octanol–water partition coefficient (Wildman–Crippen LogP) is 5.56. The molecule has 0 radical (unpaired) electrons. The lowest BCUT2D eigenvalue weighted by atomic mass is 10.2. The van der Waals surface area contributed by atoms with Gasteiger partial charge in [-0.2, -0.15) is 10.0 Å². The zero-order chi connectivity index (χ0) is 25.9. The minimum Gasteiger partial charge on any atom is -0.265 e. The summed E-state index contributed by atoms with van der Waals surface area (Å²) in [7, 11) is 0. The Morgan fingerprint density at radius 3 is 1.11 bits per heavy atom. The van der Waals surface area contributed by atoms with Crippen LogP contribution in [0.5, 0.6) is 0 Å². The largest absolute Gasteiger partial charge is 0.297 e. The van der Waals surface area contributed by atoms with Crippen molar-refractivity contribution < 1.29 is 9.59 Å². The maximum atomic E-state index is 13.9. The minimum absolute atomic E-state index is 0.232. The van der Waals surface area contributed by atoms with Gasteiger partial charge in [0, 0.05) is 11.1 Å². The van der Waals surface area contributed by atoms with Gasteiger partial charge in [-0.15, -0.1) is 0 Å². The van der Waals surface area contributed by atoms with Crippen LogP contribution in [0.25, 0.3) is 12.2 Å². The van der Waals surface area contributed by atoms with Crippen molar-refractivity contribution in [2.45, 2.75) is 0 Å². The van der Waals surface area contributed by atoms with Crippen LogP contribution in [0.3, 0.4) is 0 Å². The van der Waals surface area contributed by atoms with Crippen molar-refractivity contribution in [1.82, 2.24) is 10.0 Å². The molecule has 2 amide bonds. The molecule has 0 N–H and O–H groups in total. The van der Waals surface area contributed by atoms with Crippen LogP contribution in [0.15, 0.2) is 143 Å². The lowest BCUT2D eigenvalue weighted by Crippen LogP contribution is -2.52. The molecule has 182 valence electrons. The van der Waals surface area contributed by atoms with Crippen LogP contribution in [-0.4, -0.2) is 33.5 Å². The lowest BCUT2D eigenvalue weighted by Gasteiger charge is -2.29. The van der Waals surface area contributed by atoms with Crippen molar-refractivity contribution in [2.75, 3.05) is 0 Å². The molecule has 0 spiro atoms. The summed E-state index contributed by atoms with van der Waals surface area (Å²) in [5.74, 6) is -0.109. The van der Waals surface area contributed by atoms with Gasteiger partial charge in [0.15, 0.2) is 11.7 Å². The standard InChI is InChI=1S/C32H22N4O2/c37-31-27(21-23-13-5-1-6-14-23)33-29(25-17-9-3-10-18-25)35(31)36-30(26-19-11-4-12-20-26)34-28(32(36)38)22-24-15-7-2-8-16-24/h1-22H/b27-21-,28-22-. The SMILES string of the molecule is O=C1/C(=C/c2ccccc2)N=C(c2ccccc2)N1N1C(=O)/C(=C/c2ccccc2)N=C1c1ccccc1. The van der Waals surface area contributed by atoms with Crippen molar-refractivity contribution in [3.05, 3.63) is 155 Å². The fourth-order valence-electron chi connectivity index (χ4n) is 4.35. The van der Waals surface area contributed by atoms with Crippen LogP contribution in [0, 0.1) is 0 Å². The van der Waals surface area contributed by atoms with E-state index in [2.05, 4.69) is 0 Å². The molecule has 6 heteroatoms. The highest BCUT2D eigenvalue weighted by Crippen LogP contribution is 2.30. The quantitative estimate of drug-likeness (QED) is 0.341. The first-order valence-electron chi connectivity index (χ1n) is 12.2. The summed E-state index contributed by atoms with van der Waals surface area (Å²) < 4.78 is 0. The summed E-state index contributed by atoms with van der Waals surface area (Å²) in [5, 5.41) is 2.67. The zero-order valence-electron chi connectivity index (χ0n) is 20.3. The van der Waals surface area contributed by atoms with E-state index in [0.717, 1.165) is 11.1 Å². The number of nitrogens with zero attached hydrogens (tertiary/aromatic N) is 4. The molecule has 2 aliphatic rings. The van der Waals surface area contributed by atoms with E-state index in [1.807, 2.05) is 121 Å². The molecule has 38 heavy (non-hydrogen) atoms. The topological polar surface area (TPSA) is 65.3 Å². The molecule has 4 aromatic carbocycles. The highest BCUT2D eigenvalue weighted by Gasteiger charge is 2.44. The Morgan fingerprint density at radius 1 is 0.447 bits per heavy atom. The van der Waals surface area contributed by atoms with Crippen LogP contribution in [0.2, 0.25) is 0 Å². The smallest absolute Gasteiger partial charge is 0.265 e. The number of benzene rings is 4. The van der Waals surface area contributed by atoms with Crippen molar-refractivity contribution in [3.8, 4) is 0 Å². The van der Waals surface area contributed by atoms with Crippen LogP contribution in [0.4, 0.5) is 0 Å². The number of hydrazine groups is 1. The van der Waals surface area contributed by atoms with E-state index in [4.69, 9.17) is 9.98 Å². The summed E-state index contributed by atoms with van der Waals surface area (Å²) in [6.07, 6.45) is 3.46. The number of rotatable bonds is 5. The number of carbonyl (C=O) groups is 2. The average Bonchev–Trinajstić information content (AvgIpc) is 3.46. The van der Waals surface area contributed by atoms with Gasteiger partial charge >= 0.3 is 0 Å². The number of carbonyl (C=O) groups excluding carboxylic acids is 2. The molecule has 2 heterocycles. The fourth-order valence-corrected chi connectivity index (χ4v) is 4.35. The van der Waals surface area contributed by atoms with Crippen LogP contribution < -0.4 is 0 Å². The third-order valence-electron chi connectivity index (χ3n) is 6.15. The molecule has 0 saturated carbocycles. The Morgan fingerprint density at radius 2 is 0.763 bits per heavy atom. The second kappa shape index (κ2) is 9.95. The van der Waals surface area contributed by atoms with E-state index in [1.54, 1.807) is 12.2 Å². The molecule has 0 fully saturated rings. The minimum atomic E-state index is -0.411. The number of aliphatic imine (C=N–C) groups is 2. The maximum absolute atomic E-state index is 13.9. The van der Waals surface area contributed by atoms with Gasteiger partial charge < -0.3 is 0 Å². The van der Waals surface area contributed by atoms with E-state index in [-0.39, 0.29) is 11.4 Å². The Balaban J connectivity index is 1.50. The summed E-state index contributed by atoms with van der Waals surface area (Å²) >= 11 is 0. The molecule has 0 atom stereocenters. The van der Waals surface area contributed by atoms with Gasteiger partial charge in [0.05, 0.1) is 0 Å². The molecule has 0 bridgehead atoms. The summed E-state index contributed by atoms with van der Waals surface area (Å²) in [4.78, 5) is 37.3. The monoisotopic (exact) mass is 494 g/mol. The molecule has 6 rings (SSSR count). The zero-order valence-corrected chi connectivity index (χ0v) is 20.3. The van der Waals surface area contributed by atoms with Gasteiger partial charge in [0.1, 0.15) is 11.4 Å². The van der Waals surface area contributed by atoms with E-state index in [1.165, 1.54) is 10.0 Å². The second-order valence-electron chi connectivity index (χ2n) is 8.72. The number of hydrogen-bond acceptors (Lipinski definition) is 4. The third kappa shape index (κ3) is 4.35. The molecule has 0 aromatic heterocycles. The predicted molar refractivity (Wildman–Crippen MR) is 148 cm³/mol. The molecule has 0 saturated heterocycles. The number of amidine groups is 2. The van der Waals surface area contributed by atoms with Gasteiger partial charge in [-0.3, -0.25) is 9.59 Å². The van der Waals surface area contributed by atoms with Crippen LogP contribution in [-0.2, 0) is 9.59 Å². The first-order valence-corrected chi connectivity index (χ1v) is 12.2. The first kappa shape index (κ1) is 23.1. The van der Waals surface area contributed by atoms with Gasteiger partial charge in [-0.1, -0.05) is 121 Å². The van der Waals surface area contributed by atoms with Gasteiger partial charge in [-0.05, 0) is 23.3 Å². The summed E-state index contributed by atoms with van der Waals surface area (Å²) in [6.45, 7) is 0. The second-order valence-corrected chi connectivity index (χ2v) is 8.72. The molecule has 0 unspecified atom stereocenters. The third-order valence-corrected chi connectivity index (χ3v) is 6.15. The Labute approximate surface area is 220 Å². The van der Waals surface area contributed by atoms with Gasteiger partial charge in [-0.25, -0.2) is 9.98 Å². The Bertz CT molecular complexity index is 1500. The normalized spacial score (nSPS) is 17.4. The van der Waals surface area contributed by atoms with Crippen LogP contribution in [0.1, 0.15) is 22.3 Å². The van der Waals surface area contributed by atoms with Gasteiger partial charge in [0.2, 0.25) is 0 Å². The highest BCUT2D eigenvalue weighted by atomic mass is 16.2. The van der Waals surface area contributed by atoms with Crippen molar-refractivity contribution in [3.63, 3.8) is 0 Å². The molecule has 6 nitrogen and oxygen atoms in total. The average molecular weight is 495 g/mol. The van der Waals surface area contributed by atoms with E-state index in [9.17, 15) is 9.59 Å². The Kier molecular flexibility index (Phi) is 6.04.